The van der Waals surface area contributed by atoms with Crippen LogP contribution < -0.4 is 0 Å². The summed E-state index contributed by atoms with van der Waals surface area (Å²) in [5.41, 5.74) is 0.506. The zero-order valence-corrected chi connectivity index (χ0v) is 12.4. The van der Waals surface area contributed by atoms with Crippen molar-refractivity contribution in [2.75, 3.05) is 7.05 Å². The number of carbonyl (C=O) groups is 1. The first kappa shape index (κ1) is 16.5. The van der Waals surface area contributed by atoms with Crippen LogP contribution in [0.3, 0.4) is 0 Å². The lowest BCUT2D eigenvalue weighted by Gasteiger charge is -2.18. The fourth-order valence-electron chi connectivity index (χ4n) is 2.14. The second-order valence-electron chi connectivity index (χ2n) is 4.95. The number of amides is 1. The van der Waals surface area contributed by atoms with Crippen LogP contribution in [0.2, 0.25) is 0 Å². The van der Waals surface area contributed by atoms with Crippen LogP contribution in [0.5, 0.6) is 0 Å². The standard InChI is InChI=1S/C14H14F2N4O3/c1-9-7-10(3-4-11(9)20(22)23)13(21)18(2)8-12-17-5-6-19(12)14(15)16/h3-7,14H,8H2,1-2H3. The van der Waals surface area contributed by atoms with Crippen molar-refractivity contribution in [3.63, 3.8) is 0 Å². The Bertz CT molecular complexity index is 745. The van der Waals surface area contributed by atoms with Crippen molar-refractivity contribution >= 4 is 11.6 Å². The molecule has 0 radical (unpaired) electrons. The van der Waals surface area contributed by atoms with Crippen molar-refractivity contribution in [1.82, 2.24) is 14.5 Å². The van der Waals surface area contributed by atoms with Crippen molar-refractivity contribution in [3.8, 4) is 0 Å². The van der Waals surface area contributed by atoms with E-state index in [9.17, 15) is 23.7 Å². The van der Waals surface area contributed by atoms with Gasteiger partial charge >= 0.3 is 6.55 Å². The first-order chi connectivity index (χ1) is 10.8. The maximum atomic E-state index is 12.8. The van der Waals surface area contributed by atoms with Gasteiger partial charge in [0.15, 0.2) is 0 Å². The van der Waals surface area contributed by atoms with Crippen LogP contribution in [-0.2, 0) is 6.54 Å². The van der Waals surface area contributed by atoms with Crippen LogP contribution in [0.4, 0.5) is 14.5 Å². The Morgan fingerprint density at radius 1 is 1.48 bits per heavy atom. The van der Waals surface area contributed by atoms with Crippen molar-refractivity contribution in [2.45, 2.75) is 20.0 Å². The van der Waals surface area contributed by atoms with E-state index in [4.69, 9.17) is 0 Å². The predicted molar refractivity (Wildman–Crippen MR) is 77.1 cm³/mol. The van der Waals surface area contributed by atoms with Crippen LogP contribution >= 0.6 is 0 Å². The number of hydrogen-bond acceptors (Lipinski definition) is 4. The van der Waals surface area contributed by atoms with E-state index in [-0.39, 0.29) is 23.6 Å². The van der Waals surface area contributed by atoms with E-state index in [0.29, 0.717) is 10.1 Å². The van der Waals surface area contributed by atoms with Gasteiger partial charge in [0.05, 0.1) is 11.5 Å². The largest absolute Gasteiger partial charge is 0.334 e. The fourth-order valence-corrected chi connectivity index (χ4v) is 2.14. The molecule has 23 heavy (non-hydrogen) atoms. The van der Waals surface area contributed by atoms with E-state index in [2.05, 4.69) is 4.98 Å². The summed E-state index contributed by atoms with van der Waals surface area (Å²) < 4.78 is 26.2. The molecule has 0 N–H and O–H groups in total. The second-order valence-corrected chi connectivity index (χ2v) is 4.95. The summed E-state index contributed by atoms with van der Waals surface area (Å²) in [4.78, 5) is 27.6. The van der Waals surface area contributed by atoms with Gasteiger partial charge in [-0.2, -0.15) is 8.78 Å². The molecule has 0 aliphatic heterocycles. The molecule has 0 saturated heterocycles. The summed E-state index contributed by atoms with van der Waals surface area (Å²) in [5.74, 6) is -0.388. The van der Waals surface area contributed by atoms with E-state index in [0.717, 1.165) is 6.20 Å². The highest BCUT2D eigenvalue weighted by molar-refractivity contribution is 5.94. The van der Waals surface area contributed by atoms with Gasteiger partial charge in [0.2, 0.25) is 0 Å². The van der Waals surface area contributed by atoms with Crippen molar-refractivity contribution in [3.05, 3.63) is 57.7 Å². The Balaban J connectivity index is 2.18. The van der Waals surface area contributed by atoms with Crippen LogP contribution in [0.15, 0.2) is 30.6 Å². The van der Waals surface area contributed by atoms with Crippen molar-refractivity contribution in [1.29, 1.82) is 0 Å². The third kappa shape index (κ3) is 3.50. The highest BCUT2D eigenvalue weighted by Crippen LogP contribution is 2.20. The first-order valence-electron chi connectivity index (χ1n) is 6.61. The van der Waals surface area contributed by atoms with Crippen LogP contribution in [0, 0.1) is 17.0 Å². The quantitative estimate of drug-likeness (QED) is 0.625. The van der Waals surface area contributed by atoms with Gasteiger partial charge in [0.25, 0.3) is 11.6 Å². The summed E-state index contributed by atoms with van der Waals surface area (Å²) in [6.07, 6.45) is 2.37. The van der Waals surface area contributed by atoms with E-state index in [1.54, 1.807) is 0 Å². The maximum Gasteiger partial charge on any atom is 0.319 e. The molecule has 1 aromatic carbocycles. The van der Waals surface area contributed by atoms with Crippen LogP contribution in [0.25, 0.3) is 0 Å². The number of alkyl halides is 2. The molecule has 2 rings (SSSR count). The Morgan fingerprint density at radius 2 is 2.17 bits per heavy atom. The minimum Gasteiger partial charge on any atom is -0.334 e. The molecule has 0 saturated carbocycles. The van der Waals surface area contributed by atoms with Crippen LogP contribution in [0.1, 0.15) is 28.3 Å². The van der Waals surface area contributed by atoms with Crippen LogP contribution in [-0.4, -0.2) is 32.3 Å². The number of aryl methyl sites for hydroxylation is 1. The maximum absolute atomic E-state index is 12.8. The second kappa shape index (κ2) is 6.51. The Morgan fingerprint density at radius 3 is 2.74 bits per heavy atom. The topological polar surface area (TPSA) is 81.3 Å². The lowest BCUT2D eigenvalue weighted by Crippen LogP contribution is -2.28. The number of carbonyl (C=O) groups excluding carboxylic acids is 1. The van der Waals surface area contributed by atoms with E-state index in [1.807, 2.05) is 0 Å². The molecule has 0 atom stereocenters. The van der Waals surface area contributed by atoms with E-state index in [1.165, 1.54) is 43.3 Å². The van der Waals surface area contributed by atoms with Crippen molar-refractivity contribution < 1.29 is 18.5 Å². The monoisotopic (exact) mass is 324 g/mol. The average molecular weight is 324 g/mol. The lowest BCUT2D eigenvalue weighted by atomic mass is 10.1. The Hall–Kier alpha value is -2.84. The molecule has 1 aromatic heterocycles. The molecule has 1 heterocycles. The van der Waals surface area contributed by atoms with Gasteiger partial charge in [-0.1, -0.05) is 0 Å². The van der Waals surface area contributed by atoms with Crippen molar-refractivity contribution in [2.24, 2.45) is 0 Å². The summed E-state index contributed by atoms with van der Waals surface area (Å²) >= 11 is 0. The molecule has 122 valence electrons. The molecule has 0 aliphatic rings. The zero-order chi connectivity index (χ0) is 17.1. The summed E-state index contributed by atoms with van der Waals surface area (Å²) in [7, 11) is 1.45. The number of nitro groups is 1. The number of nitro benzene ring substituents is 1. The molecule has 1 amide bonds. The van der Waals surface area contributed by atoms with Gasteiger partial charge in [0, 0.05) is 36.6 Å². The minimum absolute atomic E-state index is 0.0504. The SMILES string of the molecule is Cc1cc(C(=O)N(C)Cc2nccn2C(F)F)ccc1[N+](=O)[O-]. The number of rotatable bonds is 5. The molecule has 9 heteroatoms. The Labute approximate surface area is 130 Å². The lowest BCUT2D eigenvalue weighted by molar-refractivity contribution is -0.385. The fraction of sp³-hybridized carbons (Fsp3) is 0.286. The summed E-state index contributed by atoms with van der Waals surface area (Å²) in [5, 5.41) is 10.8. The number of nitrogens with zero attached hydrogens (tertiary/aromatic N) is 4. The molecular formula is C14H14F2N4O3. The van der Waals surface area contributed by atoms with E-state index >= 15 is 0 Å². The van der Waals surface area contributed by atoms with Gasteiger partial charge < -0.3 is 4.90 Å². The number of imidazole rings is 1. The first-order valence-corrected chi connectivity index (χ1v) is 6.61. The molecule has 0 bridgehead atoms. The molecule has 0 spiro atoms. The molecular weight excluding hydrogens is 310 g/mol. The molecule has 0 fully saturated rings. The Kier molecular flexibility index (Phi) is 4.68. The minimum atomic E-state index is -2.74. The molecule has 0 aliphatic carbocycles. The summed E-state index contributed by atoms with van der Waals surface area (Å²) in [6.45, 7) is -1.32. The number of hydrogen-bond donors (Lipinski definition) is 0. The predicted octanol–water partition coefficient (Wildman–Crippen LogP) is 2.77. The third-order valence-electron chi connectivity index (χ3n) is 3.32. The molecule has 0 unspecified atom stereocenters. The highest BCUT2D eigenvalue weighted by Gasteiger charge is 2.19. The van der Waals surface area contributed by atoms with Gasteiger partial charge in [-0.3, -0.25) is 19.5 Å². The highest BCUT2D eigenvalue weighted by atomic mass is 19.3. The molecule has 7 nitrogen and oxygen atoms in total. The van der Waals surface area contributed by atoms with E-state index < -0.39 is 17.4 Å². The smallest absolute Gasteiger partial charge is 0.319 e. The molecule has 2 aromatic rings. The van der Waals surface area contributed by atoms with Gasteiger partial charge in [-0.25, -0.2) is 4.98 Å². The average Bonchev–Trinajstić information content (AvgIpc) is 2.94. The zero-order valence-electron chi connectivity index (χ0n) is 12.4. The van der Waals surface area contributed by atoms with Gasteiger partial charge in [-0.05, 0) is 19.1 Å². The van der Waals surface area contributed by atoms with Gasteiger partial charge in [0.1, 0.15) is 5.82 Å². The number of halogens is 2. The number of aromatic nitrogens is 2. The summed E-state index contributed by atoms with van der Waals surface area (Å²) in [6, 6.07) is 3.98. The normalized spacial score (nSPS) is 10.8. The van der Waals surface area contributed by atoms with Gasteiger partial charge in [-0.15, -0.1) is 0 Å². The number of benzene rings is 1. The third-order valence-corrected chi connectivity index (χ3v) is 3.32.